The van der Waals surface area contributed by atoms with E-state index < -0.39 is 0 Å². The Morgan fingerprint density at radius 2 is 2.11 bits per heavy atom. The van der Waals surface area contributed by atoms with E-state index in [-0.39, 0.29) is 11.9 Å². The highest BCUT2D eigenvalue weighted by atomic mass is 16.5. The molecular formula is C22H25N3O2. The predicted octanol–water partition coefficient (Wildman–Crippen LogP) is 4.58. The van der Waals surface area contributed by atoms with Crippen LogP contribution >= 0.6 is 0 Å². The van der Waals surface area contributed by atoms with Gasteiger partial charge in [-0.2, -0.15) is 0 Å². The summed E-state index contributed by atoms with van der Waals surface area (Å²) in [6.07, 6.45) is 1.91. The molecule has 140 valence electrons. The van der Waals surface area contributed by atoms with E-state index in [1.54, 1.807) is 0 Å². The summed E-state index contributed by atoms with van der Waals surface area (Å²) in [7, 11) is 0. The first-order valence-corrected chi connectivity index (χ1v) is 9.60. The Balaban J connectivity index is 1.56. The van der Waals surface area contributed by atoms with E-state index >= 15 is 0 Å². The van der Waals surface area contributed by atoms with Gasteiger partial charge >= 0.3 is 0 Å². The first-order chi connectivity index (χ1) is 13.1. The number of nitrogens with zero attached hydrogens (tertiary/aromatic N) is 2. The number of aromatic nitrogens is 2. The molecule has 2 heterocycles. The number of para-hydroxylation sites is 2. The predicted molar refractivity (Wildman–Crippen MR) is 106 cm³/mol. The molecule has 1 aliphatic rings. The van der Waals surface area contributed by atoms with E-state index in [4.69, 9.17) is 9.72 Å². The summed E-state index contributed by atoms with van der Waals surface area (Å²) in [6.45, 7) is 5.61. The van der Waals surface area contributed by atoms with Gasteiger partial charge in [0.15, 0.2) is 0 Å². The van der Waals surface area contributed by atoms with Gasteiger partial charge in [0, 0.05) is 12.1 Å². The highest BCUT2D eigenvalue weighted by Crippen LogP contribution is 2.33. The molecule has 27 heavy (non-hydrogen) atoms. The monoisotopic (exact) mass is 363 g/mol. The molecule has 1 fully saturated rings. The van der Waals surface area contributed by atoms with E-state index in [1.807, 2.05) is 53.4 Å². The Kier molecular flexibility index (Phi) is 4.84. The molecule has 1 N–H and O–H groups in total. The number of rotatable bonds is 5. The van der Waals surface area contributed by atoms with Crippen LogP contribution in [0.3, 0.4) is 0 Å². The van der Waals surface area contributed by atoms with Gasteiger partial charge in [0.05, 0.1) is 23.7 Å². The second-order valence-corrected chi connectivity index (χ2v) is 7.53. The molecule has 1 saturated heterocycles. The number of hydrogen-bond donors (Lipinski definition) is 1. The van der Waals surface area contributed by atoms with Gasteiger partial charge in [-0.05, 0) is 49.1 Å². The molecule has 4 rings (SSSR count). The second kappa shape index (κ2) is 7.43. The Bertz CT molecular complexity index is 914. The first-order valence-electron chi connectivity index (χ1n) is 9.60. The minimum Gasteiger partial charge on any atom is -0.493 e. The number of hydrogen-bond acceptors (Lipinski definition) is 3. The topological polar surface area (TPSA) is 58.2 Å². The summed E-state index contributed by atoms with van der Waals surface area (Å²) >= 11 is 0. The smallest absolute Gasteiger partial charge is 0.254 e. The van der Waals surface area contributed by atoms with Gasteiger partial charge in [0.2, 0.25) is 0 Å². The maximum Gasteiger partial charge on any atom is 0.254 e. The number of imidazole rings is 1. The quantitative estimate of drug-likeness (QED) is 0.722. The zero-order chi connectivity index (χ0) is 18.8. The Morgan fingerprint density at radius 3 is 2.93 bits per heavy atom. The third kappa shape index (κ3) is 3.68. The fourth-order valence-corrected chi connectivity index (χ4v) is 3.57. The van der Waals surface area contributed by atoms with E-state index in [0.717, 1.165) is 42.0 Å². The van der Waals surface area contributed by atoms with Crippen LogP contribution in [0.25, 0.3) is 11.0 Å². The van der Waals surface area contributed by atoms with Crippen molar-refractivity contribution >= 4 is 16.9 Å². The number of benzene rings is 2. The SMILES string of the molecule is CC(C)COc1cccc(C(=O)N2CCCC2c2nc3ccccc3[nH]2)c1. The van der Waals surface area contributed by atoms with Crippen LogP contribution in [0.2, 0.25) is 0 Å². The van der Waals surface area contributed by atoms with Crippen LogP contribution in [0.4, 0.5) is 0 Å². The molecule has 5 heteroatoms. The number of carbonyl (C=O) groups excluding carboxylic acids is 1. The van der Waals surface area contributed by atoms with Crippen molar-refractivity contribution in [1.29, 1.82) is 0 Å². The van der Waals surface area contributed by atoms with Crippen molar-refractivity contribution in [2.45, 2.75) is 32.7 Å². The number of nitrogens with one attached hydrogen (secondary N) is 1. The fraction of sp³-hybridized carbons (Fsp3) is 0.364. The molecule has 1 aromatic heterocycles. The van der Waals surface area contributed by atoms with Crippen LogP contribution in [-0.2, 0) is 0 Å². The van der Waals surface area contributed by atoms with Crippen LogP contribution in [0, 0.1) is 5.92 Å². The van der Waals surface area contributed by atoms with Crippen molar-refractivity contribution < 1.29 is 9.53 Å². The number of fused-ring (bicyclic) bond motifs is 1. The summed E-state index contributed by atoms with van der Waals surface area (Å²) in [5.74, 6) is 2.09. The molecule has 0 aliphatic carbocycles. The molecule has 0 saturated carbocycles. The summed E-state index contributed by atoms with van der Waals surface area (Å²) in [6, 6.07) is 15.5. The van der Waals surface area contributed by atoms with Gasteiger partial charge in [0.25, 0.3) is 5.91 Å². The largest absolute Gasteiger partial charge is 0.493 e. The third-order valence-corrected chi connectivity index (χ3v) is 4.90. The van der Waals surface area contributed by atoms with Crippen molar-refractivity contribution in [3.63, 3.8) is 0 Å². The average molecular weight is 363 g/mol. The van der Waals surface area contributed by atoms with E-state index in [1.165, 1.54) is 0 Å². The van der Waals surface area contributed by atoms with E-state index in [0.29, 0.717) is 18.1 Å². The Hall–Kier alpha value is -2.82. The van der Waals surface area contributed by atoms with Gasteiger partial charge in [-0.15, -0.1) is 0 Å². The fourth-order valence-electron chi connectivity index (χ4n) is 3.57. The van der Waals surface area contributed by atoms with Crippen LogP contribution in [-0.4, -0.2) is 33.9 Å². The van der Waals surface area contributed by atoms with Crippen molar-refractivity contribution in [2.24, 2.45) is 5.92 Å². The van der Waals surface area contributed by atoms with E-state index in [9.17, 15) is 4.79 Å². The summed E-state index contributed by atoms with van der Waals surface area (Å²) in [5.41, 5.74) is 2.62. The molecule has 0 radical (unpaired) electrons. The summed E-state index contributed by atoms with van der Waals surface area (Å²) in [4.78, 5) is 23.2. The van der Waals surface area contributed by atoms with Gasteiger partial charge in [-0.3, -0.25) is 4.79 Å². The molecule has 0 bridgehead atoms. The Labute approximate surface area is 159 Å². The normalized spacial score (nSPS) is 17.0. The first kappa shape index (κ1) is 17.6. The number of ether oxygens (including phenoxy) is 1. The van der Waals surface area contributed by atoms with Crippen molar-refractivity contribution in [2.75, 3.05) is 13.2 Å². The van der Waals surface area contributed by atoms with Crippen molar-refractivity contribution in [3.05, 3.63) is 59.9 Å². The highest BCUT2D eigenvalue weighted by Gasteiger charge is 2.32. The zero-order valence-corrected chi connectivity index (χ0v) is 15.8. The van der Waals surface area contributed by atoms with Gasteiger partial charge in [-0.1, -0.05) is 32.0 Å². The van der Waals surface area contributed by atoms with Crippen LogP contribution in [0.15, 0.2) is 48.5 Å². The van der Waals surface area contributed by atoms with Gasteiger partial charge in [0.1, 0.15) is 11.6 Å². The molecule has 1 amide bonds. The minimum atomic E-state index is -0.00913. The maximum absolute atomic E-state index is 13.2. The number of likely N-dealkylation sites (tertiary alicyclic amines) is 1. The average Bonchev–Trinajstić information content (AvgIpc) is 3.32. The van der Waals surface area contributed by atoms with Crippen LogP contribution in [0.5, 0.6) is 5.75 Å². The van der Waals surface area contributed by atoms with Crippen LogP contribution in [0.1, 0.15) is 48.9 Å². The standard InChI is InChI=1S/C22H25N3O2/c1-15(2)14-27-17-8-5-7-16(13-17)22(26)25-12-6-11-20(25)21-23-18-9-3-4-10-19(18)24-21/h3-5,7-10,13,15,20H,6,11-12,14H2,1-2H3,(H,23,24). The van der Waals surface area contributed by atoms with E-state index in [2.05, 4.69) is 18.8 Å². The lowest BCUT2D eigenvalue weighted by Gasteiger charge is -2.23. The lowest BCUT2D eigenvalue weighted by Crippen LogP contribution is -2.31. The summed E-state index contributed by atoms with van der Waals surface area (Å²) < 4.78 is 5.78. The number of H-pyrrole nitrogens is 1. The van der Waals surface area contributed by atoms with Gasteiger partial charge < -0.3 is 14.6 Å². The number of aromatic amines is 1. The maximum atomic E-state index is 13.2. The number of carbonyl (C=O) groups is 1. The van der Waals surface area contributed by atoms with Gasteiger partial charge in [-0.25, -0.2) is 4.98 Å². The van der Waals surface area contributed by atoms with Crippen molar-refractivity contribution in [1.82, 2.24) is 14.9 Å². The molecular weight excluding hydrogens is 338 g/mol. The molecule has 1 unspecified atom stereocenters. The van der Waals surface area contributed by atoms with Crippen LogP contribution < -0.4 is 4.74 Å². The molecule has 5 nitrogen and oxygen atoms in total. The molecule has 0 spiro atoms. The molecule has 1 atom stereocenters. The highest BCUT2D eigenvalue weighted by molar-refractivity contribution is 5.95. The third-order valence-electron chi connectivity index (χ3n) is 4.90. The second-order valence-electron chi connectivity index (χ2n) is 7.53. The minimum absolute atomic E-state index is 0.00913. The molecule has 2 aromatic carbocycles. The molecule has 1 aliphatic heterocycles. The summed E-state index contributed by atoms with van der Waals surface area (Å²) in [5, 5.41) is 0. The molecule has 3 aromatic rings. The lowest BCUT2D eigenvalue weighted by molar-refractivity contribution is 0.0730. The number of amides is 1. The zero-order valence-electron chi connectivity index (χ0n) is 15.8. The lowest BCUT2D eigenvalue weighted by atomic mass is 10.1. The van der Waals surface area contributed by atoms with Crippen molar-refractivity contribution in [3.8, 4) is 5.75 Å². The Morgan fingerprint density at radius 1 is 1.26 bits per heavy atom.